The monoisotopic (exact) mass is 325 g/mol. The van der Waals surface area contributed by atoms with E-state index in [4.69, 9.17) is 0 Å². The van der Waals surface area contributed by atoms with Gasteiger partial charge in [-0.25, -0.2) is 0 Å². The van der Waals surface area contributed by atoms with Gasteiger partial charge in [-0.2, -0.15) is 0 Å². The molecule has 98 valence electrons. The first-order chi connectivity index (χ1) is 9.63. The predicted molar refractivity (Wildman–Crippen MR) is 84.1 cm³/mol. The average Bonchev–Trinajstić information content (AvgIpc) is 2.46. The van der Waals surface area contributed by atoms with Crippen LogP contribution in [0.5, 0.6) is 0 Å². The summed E-state index contributed by atoms with van der Waals surface area (Å²) in [6, 6.07) is 17.0. The van der Waals surface area contributed by atoms with Gasteiger partial charge in [0, 0.05) is 26.7 Å². The first-order valence-electron chi connectivity index (χ1n) is 6.31. The molecule has 20 heavy (non-hydrogen) atoms. The van der Waals surface area contributed by atoms with Crippen molar-refractivity contribution < 1.29 is 4.79 Å². The Morgan fingerprint density at radius 1 is 1.00 bits per heavy atom. The number of carbonyl (C=O) groups excluding carboxylic acids is 1. The van der Waals surface area contributed by atoms with E-state index < -0.39 is 0 Å². The number of ketones is 1. The zero-order chi connectivity index (χ0) is 14.1. The van der Waals surface area contributed by atoms with E-state index in [1.165, 1.54) is 0 Å². The van der Waals surface area contributed by atoms with Crippen molar-refractivity contribution in [2.24, 2.45) is 0 Å². The van der Waals surface area contributed by atoms with E-state index in [0.29, 0.717) is 11.1 Å². The topological polar surface area (TPSA) is 30.0 Å². The van der Waals surface area contributed by atoms with Gasteiger partial charge in [0.1, 0.15) is 0 Å². The summed E-state index contributed by atoms with van der Waals surface area (Å²) in [5.41, 5.74) is 3.25. The summed E-state index contributed by atoms with van der Waals surface area (Å²) in [5, 5.41) is 0.983. The third-order valence-corrected chi connectivity index (χ3v) is 3.67. The molecule has 0 fully saturated rings. The number of pyridine rings is 1. The van der Waals surface area contributed by atoms with Gasteiger partial charge in [-0.05, 0) is 43.3 Å². The highest BCUT2D eigenvalue weighted by molar-refractivity contribution is 9.10. The number of rotatable bonds is 2. The molecule has 0 aliphatic heterocycles. The van der Waals surface area contributed by atoms with Crippen molar-refractivity contribution in [3.05, 3.63) is 75.9 Å². The normalized spacial score (nSPS) is 10.7. The molecule has 0 saturated heterocycles. The number of hydrogen-bond donors (Lipinski definition) is 0. The first-order valence-corrected chi connectivity index (χ1v) is 7.10. The highest BCUT2D eigenvalue weighted by Crippen LogP contribution is 2.19. The fraction of sp³-hybridized carbons (Fsp3) is 0.0588. The van der Waals surface area contributed by atoms with E-state index in [0.717, 1.165) is 21.1 Å². The molecule has 0 N–H and O–H groups in total. The number of carbonyl (C=O) groups is 1. The summed E-state index contributed by atoms with van der Waals surface area (Å²) in [5.74, 6) is 0.0220. The molecular formula is C17H12BrNO. The van der Waals surface area contributed by atoms with Crippen LogP contribution >= 0.6 is 15.9 Å². The Morgan fingerprint density at radius 2 is 1.80 bits per heavy atom. The molecule has 0 atom stereocenters. The lowest BCUT2D eigenvalue weighted by Crippen LogP contribution is -2.01. The van der Waals surface area contributed by atoms with E-state index in [-0.39, 0.29) is 5.78 Å². The van der Waals surface area contributed by atoms with Gasteiger partial charge >= 0.3 is 0 Å². The minimum atomic E-state index is 0.0220. The van der Waals surface area contributed by atoms with Crippen molar-refractivity contribution in [2.75, 3.05) is 0 Å². The van der Waals surface area contributed by atoms with Gasteiger partial charge in [0.2, 0.25) is 0 Å². The highest BCUT2D eigenvalue weighted by Gasteiger charge is 2.10. The standard InChI is InChI=1S/C17H12BrNO/c1-11-5-6-12-9-14(7-8-16(12)19-11)17(20)13-3-2-4-15(18)10-13/h2-10H,1H3. The van der Waals surface area contributed by atoms with Crippen molar-refractivity contribution in [2.45, 2.75) is 6.92 Å². The summed E-state index contributed by atoms with van der Waals surface area (Å²) >= 11 is 3.39. The number of fused-ring (bicyclic) bond motifs is 1. The molecule has 0 unspecified atom stereocenters. The molecule has 0 amide bonds. The zero-order valence-corrected chi connectivity index (χ0v) is 12.5. The Hall–Kier alpha value is -2.00. The van der Waals surface area contributed by atoms with Crippen LogP contribution in [0, 0.1) is 6.92 Å². The highest BCUT2D eigenvalue weighted by atomic mass is 79.9. The number of nitrogens with zero attached hydrogens (tertiary/aromatic N) is 1. The molecule has 0 radical (unpaired) electrons. The Morgan fingerprint density at radius 3 is 2.60 bits per heavy atom. The predicted octanol–water partition coefficient (Wildman–Crippen LogP) is 4.54. The Kier molecular flexibility index (Phi) is 3.36. The van der Waals surface area contributed by atoms with Crippen LogP contribution in [-0.4, -0.2) is 10.8 Å². The SMILES string of the molecule is Cc1ccc2cc(C(=O)c3cccc(Br)c3)ccc2n1. The Bertz CT molecular complexity index is 811. The molecule has 2 aromatic carbocycles. The van der Waals surface area contributed by atoms with E-state index in [9.17, 15) is 4.79 Å². The van der Waals surface area contributed by atoms with Crippen molar-refractivity contribution in [3.8, 4) is 0 Å². The van der Waals surface area contributed by atoms with Crippen LogP contribution < -0.4 is 0 Å². The van der Waals surface area contributed by atoms with Gasteiger partial charge in [0.15, 0.2) is 5.78 Å². The van der Waals surface area contributed by atoms with Gasteiger partial charge in [0.05, 0.1) is 5.52 Å². The van der Waals surface area contributed by atoms with Crippen molar-refractivity contribution >= 4 is 32.6 Å². The molecule has 3 rings (SSSR count). The van der Waals surface area contributed by atoms with E-state index in [1.807, 2.05) is 61.5 Å². The van der Waals surface area contributed by atoms with E-state index >= 15 is 0 Å². The molecule has 1 heterocycles. The van der Waals surface area contributed by atoms with Crippen LogP contribution in [0.3, 0.4) is 0 Å². The minimum absolute atomic E-state index is 0.0220. The molecular weight excluding hydrogens is 314 g/mol. The van der Waals surface area contributed by atoms with Crippen LogP contribution in [0.2, 0.25) is 0 Å². The maximum atomic E-state index is 12.5. The average molecular weight is 326 g/mol. The van der Waals surface area contributed by atoms with Gasteiger partial charge in [-0.3, -0.25) is 9.78 Å². The molecule has 0 aliphatic rings. The van der Waals surface area contributed by atoms with Crippen LogP contribution in [0.1, 0.15) is 21.6 Å². The maximum absolute atomic E-state index is 12.5. The lowest BCUT2D eigenvalue weighted by Gasteiger charge is -2.04. The van der Waals surface area contributed by atoms with Crippen molar-refractivity contribution in [1.82, 2.24) is 4.98 Å². The fourth-order valence-electron chi connectivity index (χ4n) is 2.17. The Balaban J connectivity index is 2.06. The smallest absolute Gasteiger partial charge is 0.193 e. The van der Waals surface area contributed by atoms with Gasteiger partial charge < -0.3 is 0 Å². The summed E-state index contributed by atoms with van der Waals surface area (Å²) in [6.45, 7) is 1.96. The van der Waals surface area contributed by atoms with Gasteiger partial charge in [0.25, 0.3) is 0 Å². The molecule has 3 heteroatoms. The zero-order valence-electron chi connectivity index (χ0n) is 10.9. The second-order valence-electron chi connectivity index (χ2n) is 4.70. The maximum Gasteiger partial charge on any atom is 0.193 e. The number of hydrogen-bond acceptors (Lipinski definition) is 2. The molecule has 1 aromatic heterocycles. The fourth-order valence-corrected chi connectivity index (χ4v) is 2.56. The largest absolute Gasteiger partial charge is 0.289 e. The van der Waals surface area contributed by atoms with Crippen molar-refractivity contribution in [1.29, 1.82) is 0 Å². The molecule has 3 aromatic rings. The van der Waals surface area contributed by atoms with Crippen LogP contribution in [0.15, 0.2) is 59.1 Å². The Labute approximate surface area is 125 Å². The van der Waals surface area contributed by atoms with Gasteiger partial charge in [-0.1, -0.05) is 34.1 Å². The lowest BCUT2D eigenvalue weighted by molar-refractivity contribution is 0.103. The molecule has 0 aliphatic carbocycles. The van der Waals surface area contributed by atoms with Crippen LogP contribution in [-0.2, 0) is 0 Å². The summed E-state index contributed by atoms with van der Waals surface area (Å²) in [6.07, 6.45) is 0. The van der Waals surface area contributed by atoms with Crippen LogP contribution in [0.25, 0.3) is 10.9 Å². The molecule has 0 spiro atoms. The first kappa shape index (κ1) is 13.0. The van der Waals surface area contributed by atoms with Gasteiger partial charge in [-0.15, -0.1) is 0 Å². The second kappa shape index (κ2) is 5.17. The van der Waals surface area contributed by atoms with E-state index in [1.54, 1.807) is 0 Å². The number of aromatic nitrogens is 1. The van der Waals surface area contributed by atoms with E-state index in [2.05, 4.69) is 20.9 Å². The number of aryl methyl sites for hydroxylation is 1. The number of halogens is 1. The summed E-state index contributed by atoms with van der Waals surface area (Å²) in [4.78, 5) is 16.9. The third kappa shape index (κ3) is 2.49. The molecule has 0 bridgehead atoms. The van der Waals surface area contributed by atoms with Crippen molar-refractivity contribution in [3.63, 3.8) is 0 Å². The summed E-state index contributed by atoms with van der Waals surface area (Å²) < 4.78 is 0.904. The molecule has 0 saturated carbocycles. The lowest BCUT2D eigenvalue weighted by atomic mass is 10.0. The minimum Gasteiger partial charge on any atom is -0.289 e. The number of benzene rings is 2. The quantitative estimate of drug-likeness (QED) is 0.647. The third-order valence-electron chi connectivity index (χ3n) is 3.18. The van der Waals surface area contributed by atoms with Crippen LogP contribution in [0.4, 0.5) is 0 Å². The molecule has 2 nitrogen and oxygen atoms in total. The summed E-state index contributed by atoms with van der Waals surface area (Å²) in [7, 11) is 0. The second-order valence-corrected chi connectivity index (χ2v) is 5.62.